The van der Waals surface area contributed by atoms with Gasteiger partial charge in [0.15, 0.2) is 5.78 Å². The average Bonchev–Trinajstić information content (AvgIpc) is 2.73. The van der Waals surface area contributed by atoms with Crippen LogP contribution in [0, 0.1) is 5.92 Å². The molecule has 0 radical (unpaired) electrons. The first-order valence-electron chi connectivity index (χ1n) is 10.2. The lowest BCUT2D eigenvalue weighted by Gasteiger charge is -2.36. The summed E-state index contributed by atoms with van der Waals surface area (Å²) in [4.78, 5) is 31.7. The van der Waals surface area contributed by atoms with Crippen molar-refractivity contribution in [2.45, 2.75) is 25.9 Å². The molecule has 0 unspecified atom stereocenters. The highest BCUT2D eigenvalue weighted by Crippen LogP contribution is 2.30. The van der Waals surface area contributed by atoms with Gasteiger partial charge in [-0.3, -0.25) is 14.5 Å². The number of carbonyl (C=O) groups excluding carboxylic acids is 2. The van der Waals surface area contributed by atoms with Crippen molar-refractivity contribution in [2.24, 2.45) is 5.92 Å². The van der Waals surface area contributed by atoms with E-state index in [9.17, 15) is 22.8 Å². The van der Waals surface area contributed by atoms with Crippen LogP contribution in [0.25, 0.3) is 0 Å². The van der Waals surface area contributed by atoms with Crippen LogP contribution in [0.2, 0.25) is 0 Å². The Morgan fingerprint density at radius 2 is 1.62 bits per heavy atom. The number of ketones is 1. The van der Waals surface area contributed by atoms with Gasteiger partial charge in [-0.25, -0.2) is 0 Å². The van der Waals surface area contributed by atoms with Crippen molar-refractivity contribution in [2.75, 3.05) is 52.4 Å². The number of carbonyl (C=O) groups is 2. The molecular weight excluding hydrogens is 383 g/mol. The van der Waals surface area contributed by atoms with E-state index in [-0.39, 0.29) is 23.2 Å². The molecular formula is C21H28F3N3O2. The molecule has 0 saturated carbocycles. The van der Waals surface area contributed by atoms with Gasteiger partial charge in [0.1, 0.15) is 0 Å². The molecule has 2 aliphatic rings. The van der Waals surface area contributed by atoms with Crippen LogP contribution in [0.5, 0.6) is 0 Å². The predicted octanol–water partition coefficient (Wildman–Crippen LogP) is 2.76. The first kappa shape index (κ1) is 21.8. The second-order valence-corrected chi connectivity index (χ2v) is 7.83. The number of amides is 1. The second kappa shape index (κ2) is 9.26. The van der Waals surface area contributed by atoms with Crippen molar-refractivity contribution < 1.29 is 22.8 Å². The standard InChI is InChI=1S/C21H28F3N3O2/c1-2-25-10-12-26(13-11-25)15-19(28)27-9-3-4-17(14-27)20(29)16-5-7-18(8-6-16)21(22,23)24/h5-8,17H,2-4,9-15H2,1H3/t17-/m1/s1. The lowest BCUT2D eigenvalue weighted by atomic mass is 9.89. The van der Waals surface area contributed by atoms with Crippen molar-refractivity contribution in [1.29, 1.82) is 0 Å². The maximum atomic E-state index is 12.8. The van der Waals surface area contributed by atoms with Gasteiger partial charge in [-0.15, -0.1) is 0 Å². The first-order chi connectivity index (χ1) is 13.8. The molecule has 1 aromatic carbocycles. The number of hydrogen-bond donors (Lipinski definition) is 0. The summed E-state index contributed by atoms with van der Waals surface area (Å²) in [7, 11) is 0. The minimum Gasteiger partial charge on any atom is -0.341 e. The van der Waals surface area contributed by atoms with Crippen molar-refractivity contribution in [3.8, 4) is 0 Å². The van der Waals surface area contributed by atoms with E-state index in [1.807, 2.05) is 0 Å². The van der Waals surface area contributed by atoms with Gasteiger partial charge in [-0.05, 0) is 31.5 Å². The molecule has 29 heavy (non-hydrogen) atoms. The summed E-state index contributed by atoms with van der Waals surface area (Å²) in [6.07, 6.45) is -3.04. The monoisotopic (exact) mass is 411 g/mol. The fourth-order valence-corrected chi connectivity index (χ4v) is 4.03. The Balaban J connectivity index is 1.55. The zero-order chi connectivity index (χ0) is 21.0. The second-order valence-electron chi connectivity index (χ2n) is 7.83. The lowest BCUT2D eigenvalue weighted by Crippen LogP contribution is -2.51. The molecule has 160 valence electrons. The molecule has 5 nitrogen and oxygen atoms in total. The molecule has 0 bridgehead atoms. The minimum absolute atomic E-state index is 0.0277. The fraction of sp³-hybridized carbons (Fsp3) is 0.619. The molecule has 0 spiro atoms. The number of rotatable bonds is 5. The number of alkyl halides is 3. The summed E-state index contributed by atoms with van der Waals surface area (Å²) in [5.74, 6) is -0.519. The Hall–Kier alpha value is -1.93. The molecule has 1 amide bonds. The third-order valence-electron chi connectivity index (χ3n) is 5.91. The quantitative estimate of drug-likeness (QED) is 0.699. The van der Waals surface area contributed by atoms with Gasteiger partial charge in [-0.2, -0.15) is 13.2 Å². The fourth-order valence-electron chi connectivity index (χ4n) is 4.03. The van der Waals surface area contributed by atoms with Crippen LogP contribution in [-0.4, -0.2) is 78.7 Å². The summed E-state index contributed by atoms with van der Waals surface area (Å²) < 4.78 is 38.1. The molecule has 1 aromatic rings. The molecule has 3 rings (SSSR count). The van der Waals surface area contributed by atoms with Gasteiger partial charge in [0.05, 0.1) is 12.1 Å². The molecule has 8 heteroatoms. The maximum Gasteiger partial charge on any atom is 0.416 e. The SMILES string of the molecule is CCN1CCN(CC(=O)N2CCC[C@@H](C(=O)c3ccc(C(F)(F)F)cc3)C2)CC1. The predicted molar refractivity (Wildman–Crippen MR) is 104 cm³/mol. The summed E-state index contributed by atoms with van der Waals surface area (Å²) >= 11 is 0. The van der Waals surface area contributed by atoms with Crippen molar-refractivity contribution in [3.63, 3.8) is 0 Å². The van der Waals surface area contributed by atoms with Gasteiger partial charge in [0, 0.05) is 50.7 Å². The molecule has 2 saturated heterocycles. The summed E-state index contributed by atoms with van der Waals surface area (Å²) in [6.45, 7) is 8.11. The Bertz CT molecular complexity index is 713. The van der Waals surface area contributed by atoms with E-state index in [0.717, 1.165) is 51.3 Å². The van der Waals surface area contributed by atoms with Crippen LogP contribution in [0.15, 0.2) is 24.3 Å². The highest BCUT2D eigenvalue weighted by molar-refractivity contribution is 5.98. The van der Waals surface area contributed by atoms with Crippen LogP contribution in [-0.2, 0) is 11.0 Å². The smallest absolute Gasteiger partial charge is 0.341 e. The number of nitrogens with zero attached hydrogens (tertiary/aromatic N) is 3. The van der Waals surface area contributed by atoms with E-state index in [1.165, 1.54) is 12.1 Å². The average molecular weight is 411 g/mol. The molecule has 0 N–H and O–H groups in total. The summed E-state index contributed by atoms with van der Waals surface area (Å²) in [6, 6.07) is 4.35. The van der Waals surface area contributed by atoms with Gasteiger partial charge >= 0.3 is 6.18 Å². The van der Waals surface area contributed by atoms with Crippen molar-refractivity contribution in [3.05, 3.63) is 35.4 Å². The third kappa shape index (κ3) is 5.57. The number of piperazine rings is 1. The van der Waals surface area contributed by atoms with Gasteiger partial charge in [0.2, 0.25) is 5.91 Å². The van der Waals surface area contributed by atoms with Crippen molar-refractivity contribution in [1.82, 2.24) is 14.7 Å². The number of likely N-dealkylation sites (N-methyl/N-ethyl adjacent to an activating group) is 1. The van der Waals surface area contributed by atoms with E-state index in [1.54, 1.807) is 4.90 Å². The number of hydrogen-bond acceptors (Lipinski definition) is 4. The molecule has 2 heterocycles. The number of piperidine rings is 1. The normalized spacial score (nSPS) is 21.9. The van der Waals surface area contributed by atoms with Crippen LogP contribution in [0.4, 0.5) is 13.2 Å². The zero-order valence-electron chi connectivity index (χ0n) is 16.7. The Labute approximate surface area is 169 Å². The van der Waals surface area contributed by atoms with Crippen molar-refractivity contribution >= 4 is 11.7 Å². The third-order valence-corrected chi connectivity index (χ3v) is 5.91. The molecule has 0 aromatic heterocycles. The van der Waals surface area contributed by atoms with E-state index in [0.29, 0.717) is 26.1 Å². The molecule has 2 fully saturated rings. The first-order valence-corrected chi connectivity index (χ1v) is 10.2. The zero-order valence-corrected chi connectivity index (χ0v) is 16.7. The highest BCUT2D eigenvalue weighted by atomic mass is 19.4. The number of Topliss-reactive ketones (excluding diaryl/α,β-unsaturated/α-hetero) is 1. The number of likely N-dealkylation sites (tertiary alicyclic amines) is 1. The van der Waals surface area contributed by atoms with E-state index in [2.05, 4.69) is 16.7 Å². The minimum atomic E-state index is -4.42. The van der Waals surface area contributed by atoms with E-state index < -0.39 is 11.7 Å². The Morgan fingerprint density at radius 3 is 2.21 bits per heavy atom. The number of benzene rings is 1. The van der Waals surface area contributed by atoms with Gasteiger partial charge < -0.3 is 9.80 Å². The van der Waals surface area contributed by atoms with E-state index >= 15 is 0 Å². The van der Waals surface area contributed by atoms with E-state index in [4.69, 9.17) is 0 Å². The lowest BCUT2D eigenvalue weighted by molar-refractivity contribution is -0.137. The van der Waals surface area contributed by atoms with Crippen LogP contribution in [0.3, 0.4) is 0 Å². The molecule has 0 aliphatic carbocycles. The molecule has 2 aliphatic heterocycles. The Morgan fingerprint density at radius 1 is 1.00 bits per heavy atom. The van der Waals surface area contributed by atoms with Crippen LogP contribution < -0.4 is 0 Å². The summed E-state index contributed by atoms with van der Waals surface area (Å²) in [5, 5.41) is 0. The van der Waals surface area contributed by atoms with Crippen LogP contribution >= 0.6 is 0 Å². The topological polar surface area (TPSA) is 43.9 Å². The van der Waals surface area contributed by atoms with Gasteiger partial charge in [0.25, 0.3) is 0 Å². The highest BCUT2D eigenvalue weighted by Gasteiger charge is 2.32. The number of halogens is 3. The van der Waals surface area contributed by atoms with Crippen LogP contribution in [0.1, 0.15) is 35.7 Å². The van der Waals surface area contributed by atoms with Gasteiger partial charge in [-0.1, -0.05) is 19.1 Å². The largest absolute Gasteiger partial charge is 0.416 e. The maximum absolute atomic E-state index is 12.8. The molecule has 1 atom stereocenters. The summed E-state index contributed by atoms with van der Waals surface area (Å²) in [5.41, 5.74) is -0.495. The Kier molecular flexibility index (Phi) is 6.95.